The van der Waals surface area contributed by atoms with Crippen molar-refractivity contribution in [2.24, 2.45) is 0 Å². The summed E-state index contributed by atoms with van der Waals surface area (Å²) in [6, 6.07) is 7.79. The summed E-state index contributed by atoms with van der Waals surface area (Å²) in [7, 11) is 0. The van der Waals surface area contributed by atoms with Crippen LogP contribution in [-0.2, 0) is 9.59 Å². The van der Waals surface area contributed by atoms with E-state index in [4.69, 9.17) is 0 Å². The van der Waals surface area contributed by atoms with Gasteiger partial charge in [0.15, 0.2) is 0 Å². The second kappa shape index (κ2) is 9.78. The second-order valence-electron chi connectivity index (χ2n) is 7.65. The van der Waals surface area contributed by atoms with E-state index in [0.29, 0.717) is 17.0 Å². The van der Waals surface area contributed by atoms with Crippen LogP contribution in [0.25, 0.3) is 0 Å². The first kappa shape index (κ1) is 20.5. The molecule has 0 bridgehead atoms. The van der Waals surface area contributed by atoms with Gasteiger partial charge < -0.3 is 10.6 Å². The summed E-state index contributed by atoms with van der Waals surface area (Å²) < 4.78 is 0. The maximum atomic E-state index is 12.1. The SMILES string of the molecule is CC(C)c1ccc(NC(=O)CCC(=O)Nc2nnc(C3CCCCC3)s2)cc1. The molecule has 0 atom stereocenters. The summed E-state index contributed by atoms with van der Waals surface area (Å²) in [5.74, 6) is 0.543. The molecule has 1 fully saturated rings. The number of benzene rings is 1. The van der Waals surface area contributed by atoms with Crippen molar-refractivity contribution in [3.63, 3.8) is 0 Å². The molecule has 2 aromatic rings. The number of carbonyl (C=O) groups is 2. The molecular formula is C21H28N4O2S. The Morgan fingerprint density at radius 2 is 1.64 bits per heavy atom. The Labute approximate surface area is 170 Å². The highest BCUT2D eigenvalue weighted by Gasteiger charge is 2.20. The smallest absolute Gasteiger partial charge is 0.226 e. The quantitative estimate of drug-likeness (QED) is 0.680. The zero-order chi connectivity index (χ0) is 19.9. The number of rotatable bonds is 7. The minimum atomic E-state index is -0.211. The molecule has 0 saturated heterocycles. The Kier molecular flexibility index (Phi) is 7.14. The monoisotopic (exact) mass is 400 g/mol. The molecule has 1 heterocycles. The Bertz CT molecular complexity index is 795. The molecule has 0 unspecified atom stereocenters. The van der Waals surface area contributed by atoms with Gasteiger partial charge in [-0.1, -0.05) is 56.6 Å². The average molecular weight is 401 g/mol. The first-order valence-corrected chi connectivity index (χ1v) is 10.9. The topological polar surface area (TPSA) is 84.0 Å². The fraction of sp³-hybridized carbons (Fsp3) is 0.524. The minimum Gasteiger partial charge on any atom is -0.326 e. The van der Waals surface area contributed by atoms with Gasteiger partial charge in [0.25, 0.3) is 0 Å². The first-order valence-electron chi connectivity index (χ1n) is 10.0. The molecule has 150 valence electrons. The zero-order valence-electron chi connectivity index (χ0n) is 16.5. The highest BCUT2D eigenvalue weighted by molar-refractivity contribution is 7.15. The van der Waals surface area contributed by atoms with E-state index in [-0.39, 0.29) is 24.7 Å². The van der Waals surface area contributed by atoms with Crippen LogP contribution in [-0.4, -0.2) is 22.0 Å². The van der Waals surface area contributed by atoms with Crippen LogP contribution in [0.5, 0.6) is 0 Å². The molecule has 0 radical (unpaired) electrons. The Morgan fingerprint density at radius 3 is 2.29 bits per heavy atom. The molecule has 1 aliphatic rings. The second-order valence-corrected chi connectivity index (χ2v) is 8.66. The van der Waals surface area contributed by atoms with Crippen LogP contribution in [0, 0.1) is 0 Å². The number of carbonyl (C=O) groups excluding carboxylic acids is 2. The predicted octanol–water partition coefficient (Wildman–Crippen LogP) is 5.07. The van der Waals surface area contributed by atoms with Gasteiger partial charge in [-0.15, -0.1) is 10.2 Å². The van der Waals surface area contributed by atoms with Gasteiger partial charge in [0, 0.05) is 24.4 Å². The van der Waals surface area contributed by atoms with Gasteiger partial charge >= 0.3 is 0 Å². The molecule has 2 amide bonds. The largest absolute Gasteiger partial charge is 0.326 e. The van der Waals surface area contributed by atoms with E-state index >= 15 is 0 Å². The van der Waals surface area contributed by atoms with Gasteiger partial charge in [-0.3, -0.25) is 9.59 Å². The molecule has 3 rings (SSSR count). The standard InChI is InChI=1S/C21H28N4O2S/c1-14(2)15-8-10-17(11-9-15)22-18(26)12-13-19(27)23-21-25-24-20(28-21)16-6-4-3-5-7-16/h8-11,14,16H,3-7,12-13H2,1-2H3,(H,22,26)(H,23,25,27). The third-order valence-electron chi connectivity index (χ3n) is 5.08. The van der Waals surface area contributed by atoms with Crippen molar-refractivity contribution in [2.45, 2.75) is 70.6 Å². The molecule has 6 nitrogen and oxygen atoms in total. The van der Waals surface area contributed by atoms with Crippen molar-refractivity contribution in [3.8, 4) is 0 Å². The van der Waals surface area contributed by atoms with E-state index in [1.807, 2.05) is 24.3 Å². The fourth-order valence-electron chi connectivity index (χ4n) is 3.38. The van der Waals surface area contributed by atoms with E-state index < -0.39 is 0 Å². The van der Waals surface area contributed by atoms with Crippen LogP contribution in [0.2, 0.25) is 0 Å². The number of nitrogens with one attached hydrogen (secondary N) is 2. The van der Waals surface area contributed by atoms with Crippen molar-refractivity contribution in [2.75, 3.05) is 10.6 Å². The Balaban J connectivity index is 1.42. The molecular weight excluding hydrogens is 372 g/mol. The summed E-state index contributed by atoms with van der Waals surface area (Å²) >= 11 is 1.45. The van der Waals surface area contributed by atoms with E-state index in [1.165, 1.54) is 36.2 Å². The molecule has 1 aliphatic carbocycles. The lowest BCUT2D eigenvalue weighted by atomic mass is 9.90. The Hall–Kier alpha value is -2.28. The van der Waals surface area contributed by atoms with Gasteiger partial charge in [0.2, 0.25) is 16.9 Å². The summed E-state index contributed by atoms with van der Waals surface area (Å²) in [6.07, 6.45) is 6.33. The molecule has 1 aromatic heterocycles. The van der Waals surface area contributed by atoms with E-state index in [2.05, 4.69) is 34.7 Å². The van der Waals surface area contributed by atoms with Crippen LogP contribution in [0.15, 0.2) is 24.3 Å². The Morgan fingerprint density at radius 1 is 1.00 bits per heavy atom. The summed E-state index contributed by atoms with van der Waals surface area (Å²) in [5, 5.41) is 15.5. The zero-order valence-corrected chi connectivity index (χ0v) is 17.3. The number of nitrogens with zero attached hydrogens (tertiary/aromatic N) is 2. The minimum absolute atomic E-state index is 0.119. The molecule has 0 spiro atoms. The predicted molar refractivity (Wildman–Crippen MR) is 113 cm³/mol. The van der Waals surface area contributed by atoms with Crippen LogP contribution >= 0.6 is 11.3 Å². The van der Waals surface area contributed by atoms with Gasteiger partial charge in [0.1, 0.15) is 5.01 Å². The first-order chi connectivity index (χ1) is 13.5. The van der Waals surface area contributed by atoms with Crippen molar-refractivity contribution in [1.82, 2.24) is 10.2 Å². The van der Waals surface area contributed by atoms with E-state index in [1.54, 1.807) is 0 Å². The van der Waals surface area contributed by atoms with Crippen molar-refractivity contribution >= 4 is 34.0 Å². The molecule has 7 heteroatoms. The van der Waals surface area contributed by atoms with Crippen LogP contribution in [0.4, 0.5) is 10.8 Å². The van der Waals surface area contributed by atoms with Gasteiger partial charge in [0.05, 0.1) is 0 Å². The number of hydrogen-bond acceptors (Lipinski definition) is 5. The summed E-state index contributed by atoms with van der Waals surface area (Å²) in [4.78, 5) is 24.2. The highest BCUT2D eigenvalue weighted by Crippen LogP contribution is 2.35. The fourth-order valence-corrected chi connectivity index (χ4v) is 4.31. The van der Waals surface area contributed by atoms with E-state index in [9.17, 15) is 9.59 Å². The van der Waals surface area contributed by atoms with Crippen LogP contribution < -0.4 is 10.6 Å². The van der Waals surface area contributed by atoms with Gasteiger partial charge in [-0.05, 0) is 36.5 Å². The lowest BCUT2D eigenvalue weighted by Crippen LogP contribution is -2.17. The van der Waals surface area contributed by atoms with Gasteiger partial charge in [-0.25, -0.2) is 0 Å². The van der Waals surface area contributed by atoms with Gasteiger partial charge in [-0.2, -0.15) is 0 Å². The third-order valence-corrected chi connectivity index (χ3v) is 6.08. The maximum Gasteiger partial charge on any atom is 0.226 e. The van der Waals surface area contributed by atoms with Crippen molar-refractivity contribution < 1.29 is 9.59 Å². The third kappa shape index (κ3) is 5.86. The summed E-state index contributed by atoms with van der Waals surface area (Å²) in [6.45, 7) is 4.25. The van der Waals surface area contributed by atoms with Crippen LogP contribution in [0.3, 0.4) is 0 Å². The maximum absolute atomic E-state index is 12.1. The molecule has 28 heavy (non-hydrogen) atoms. The lowest BCUT2D eigenvalue weighted by Gasteiger charge is -2.18. The molecule has 0 aliphatic heterocycles. The van der Waals surface area contributed by atoms with Crippen molar-refractivity contribution in [1.29, 1.82) is 0 Å². The van der Waals surface area contributed by atoms with E-state index in [0.717, 1.165) is 23.5 Å². The number of aromatic nitrogens is 2. The highest BCUT2D eigenvalue weighted by atomic mass is 32.1. The number of hydrogen-bond donors (Lipinski definition) is 2. The molecule has 1 aromatic carbocycles. The normalized spacial score (nSPS) is 14.8. The number of amides is 2. The number of anilines is 2. The molecule has 1 saturated carbocycles. The van der Waals surface area contributed by atoms with Crippen molar-refractivity contribution in [3.05, 3.63) is 34.8 Å². The average Bonchev–Trinajstić information content (AvgIpc) is 3.16. The summed E-state index contributed by atoms with van der Waals surface area (Å²) in [5.41, 5.74) is 1.97. The van der Waals surface area contributed by atoms with Crippen LogP contribution in [0.1, 0.15) is 81.2 Å². The molecule has 2 N–H and O–H groups in total. The lowest BCUT2D eigenvalue weighted by molar-refractivity contribution is -0.121.